The maximum Gasteiger partial charge on any atom is 0.320 e. The molecule has 0 spiro atoms. The van der Waals surface area contributed by atoms with E-state index in [4.69, 9.17) is 9.84 Å². The van der Waals surface area contributed by atoms with Crippen molar-refractivity contribution in [3.8, 4) is 0 Å². The molecule has 2 atom stereocenters. The average Bonchev–Trinajstić information content (AvgIpc) is 2.61. The van der Waals surface area contributed by atoms with Crippen LogP contribution >= 0.6 is 0 Å². The fraction of sp³-hybridized carbons (Fsp3) is 0.900. The Bertz CT molecular complexity index is 196. The van der Waals surface area contributed by atoms with Crippen LogP contribution in [-0.4, -0.2) is 47.8 Å². The van der Waals surface area contributed by atoms with Crippen molar-refractivity contribution in [2.45, 2.75) is 38.8 Å². The highest BCUT2D eigenvalue weighted by Crippen LogP contribution is 2.20. The minimum absolute atomic E-state index is 0.293. The van der Waals surface area contributed by atoms with Crippen molar-refractivity contribution in [1.29, 1.82) is 0 Å². The summed E-state index contributed by atoms with van der Waals surface area (Å²) in [5.41, 5.74) is 0. The number of hydrogen-bond donors (Lipinski definition) is 1. The van der Waals surface area contributed by atoms with Crippen molar-refractivity contribution < 1.29 is 14.6 Å². The highest BCUT2D eigenvalue weighted by atomic mass is 16.5. The Balaban J connectivity index is 2.46. The Morgan fingerprint density at radius 3 is 3.00 bits per heavy atom. The number of carbonyl (C=O) groups is 1. The number of aliphatic carboxylic acids is 1. The quantitative estimate of drug-likeness (QED) is 0.719. The van der Waals surface area contributed by atoms with Crippen molar-refractivity contribution >= 4 is 5.97 Å². The van der Waals surface area contributed by atoms with Gasteiger partial charge in [0.2, 0.25) is 0 Å². The molecule has 82 valence electrons. The summed E-state index contributed by atoms with van der Waals surface area (Å²) in [4.78, 5) is 12.8. The number of ether oxygens (including phenoxy) is 1. The van der Waals surface area contributed by atoms with Gasteiger partial charge in [0.1, 0.15) is 6.04 Å². The SMILES string of the molecule is CCOC[C@H]1CCCN1[C@H](C)C(=O)O. The molecule has 0 bridgehead atoms. The predicted octanol–water partition coefficient (Wildman–Crippen LogP) is 0.960. The summed E-state index contributed by atoms with van der Waals surface area (Å²) < 4.78 is 5.34. The Labute approximate surface area is 84.8 Å². The minimum atomic E-state index is -0.742. The van der Waals surface area contributed by atoms with Gasteiger partial charge in [0.25, 0.3) is 0 Å². The summed E-state index contributed by atoms with van der Waals surface area (Å²) in [6.45, 7) is 5.94. The Kier molecular flexibility index (Phi) is 4.35. The zero-order valence-electron chi connectivity index (χ0n) is 8.90. The molecule has 1 saturated heterocycles. The van der Waals surface area contributed by atoms with E-state index < -0.39 is 5.97 Å². The lowest BCUT2D eigenvalue weighted by molar-refractivity contribution is -0.143. The third-order valence-electron chi connectivity index (χ3n) is 2.79. The first-order valence-corrected chi connectivity index (χ1v) is 5.23. The molecule has 1 fully saturated rings. The molecule has 0 amide bonds. The van der Waals surface area contributed by atoms with Gasteiger partial charge in [-0.3, -0.25) is 9.69 Å². The first-order chi connectivity index (χ1) is 6.66. The molecule has 4 nitrogen and oxygen atoms in total. The molecule has 4 heteroatoms. The molecule has 0 saturated carbocycles. The zero-order chi connectivity index (χ0) is 10.6. The van der Waals surface area contributed by atoms with Crippen molar-refractivity contribution in [2.75, 3.05) is 19.8 Å². The molecule has 1 aliphatic heterocycles. The van der Waals surface area contributed by atoms with Gasteiger partial charge < -0.3 is 9.84 Å². The Morgan fingerprint density at radius 1 is 1.71 bits per heavy atom. The third kappa shape index (κ3) is 2.69. The van der Waals surface area contributed by atoms with Crippen LogP contribution in [-0.2, 0) is 9.53 Å². The number of nitrogens with zero attached hydrogens (tertiary/aromatic N) is 1. The van der Waals surface area contributed by atoms with Crippen molar-refractivity contribution in [1.82, 2.24) is 4.90 Å². The second-order valence-corrected chi connectivity index (χ2v) is 3.71. The monoisotopic (exact) mass is 201 g/mol. The fourth-order valence-electron chi connectivity index (χ4n) is 1.94. The van der Waals surface area contributed by atoms with Gasteiger partial charge in [-0.15, -0.1) is 0 Å². The number of carboxylic acids is 1. The largest absolute Gasteiger partial charge is 0.480 e. The second-order valence-electron chi connectivity index (χ2n) is 3.71. The standard InChI is InChI=1S/C10H19NO3/c1-3-14-7-9-5-4-6-11(9)8(2)10(12)13/h8-9H,3-7H2,1-2H3,(H,12,13)/t8-,9-/m1/s1. The third-order valence-corrected chi connectivity index (χ3v) is 2.79. The first-order valence-electron chi connectivity index (χ1n) is 5.23. The number of hydrogen-bond acceptors (Lipinski definition) is 3. The van der Waals surface area contributed by atoms with E-state index in [1.165, 1.54) is 0 Å². The average molecular weight is 201 g/mol. The minimum Gasteiger partial charge on any atom is -0.480 e. The van der Waals surface area contributed by atoms with E-state index in [1.807, 2.05) is 11.8 Å². The molecule has 1 heterocycles. The maximum atomic E-state index is 10.8. The van der Waals surface area contributed by atoms with Gasteiger partial charge in [0, 0.05) is 12.6 Å². The molecule has 0 aromatic heterocycles. The summed E-state index contributed by atoms with van der Waals surface area (Å²) in [5.74, 6) is -0.742. The molecule has 0 unspecified atom stereocenters. The lowest BCUT2D eigenvalue weighted by atomic mass is 10.2. The molecule has 0 aromatic rings. The van der Waals surface area contributed by atoms with E-state index in [-0.39, 0.29) is 6.04 Å². The van der Waals surface area contributed by atoms with Crippen LogP contribution in [0.2, 0.25) is 0 Å². The van der Waals surface area contributed by atoms with E-state index in [2.05, 4.69) is 0 Å². The summed E-state index contributed by atoms with van der Waals surface area (Å²) in [5, 5.41) is 8.90. The highest BCUT2D eigenvalue weighted by Gasteiger charge is 2.31. The lowest BCUT2D eigenvalue weighted by Gasteiger charge is -2.27. The van der Waals surface area contributed by atoms with Gasteiger partial charge in [-0.25, -0.2) is 0 Å². The topological polar surface area (TPSA) is 49.8 Å². The smallest absolute Gasteiger partial charge is 0.320 e. The van der Waals surface area contributed by atoms with Gasteiger partial charge in [-0.2, -0.15) is 0 Å². The van der Waals surface area contributed by atoms with Crippen LogP contribution in [0, 0.1) is 0 Å². The number of likely N-dealkylation sites (tertiary alicyclic amines) is 1. The molecule has 1 rings (SSSR count). The van der Waals surface area contributed by atoms with Crippen LogP contribution in [0.1, 0.15) is 26.7 Å². The van der Waals surface area contributed by atoms with Gasteiger partial charge in [0.05, 0.1) is 6.61 Å². The van der Waals surface area contributed by atoms with E-state index in [0.29, 0.717) is 19.3 Å². The summed E-state index contributed by atoms with van der Waals surface area (Å²) in [6.07, 6.45) is 2.13. The first kappa shape index (κ1) is 11.5. The predicted molar refractivity (Wildman–Crippen MR) is 53.3 cm³/mol. The molecule has 14 heavy (non-hydrogen) atoms. The van der Waals surface area contributed by atoms with E-state index in [0.717, 1.165) is 19.4 Å². The van der Waals surface area contributed by atoms with Crippen molar-refractivity contribution in [3.63, 3.8) is 0 Å². The number of rotatable bonds is 5. The fourth-order valence-corrected chi connectivity index (χ4v) is 1.94. The summed E-state index contributed by atoms with van der Waals surface area (Å²) in [6, 6.07) is -0.0935. The van der Waals surface area contributed by atoms with Crippen molar-refractivity contribution in [2.24, 2.45) is 0 Å². The van der Waals surface area contributed by atoms with E-state index in [1.54, 1.807) is 6.92 Å². The van der Waals surface area contributed by atoms with Crippen LogP contribution in [0.15, 0.2) is 0 Å². The van der Waals surface area contributed by atoms with Gasteiger partial charge >= 0.3 is 5.97 Å². The van der Waals surface area contributed by atoms with Crippen LogP contribution in [0.5, 0.6) is 0 Å². The zero-order valence-corrected chi connectivity index (χ0v) is 8.90. The summed E-state index contributed by atoms with van der Waals surface area (Å²) in [7, 11) is 0. The van der Waals surface area contributed by atoms with E-state index in [9.17, 15) is 4.79 Å². The summed E-state index contributed by atoms with van der Waals surface area (Å²) >= 11 is 0. The van der Waals surface area contributed by atoms with Crippen LogP contribution in [0.3, 0.4) is 0 Å². The van der Waals surface area contributed by atoms with E-state index >= 15 is 0 Å². The molecular formula is C10H19NO3. The van der Waals surface area contributed by atoms with Gasteiger partial charge in [0.15, 0.2) is 0 Å². The van der Waals surface area contributed by atoms with Crippen LogP contribution in [0.4, 0.5) is 0 Å². The van der Waals surface area contributed by atoms with Gasteiger partial charge in [-0.05, 0) is 33.2 Å². The lowest BCUT2D eigenvalue weighted by Crippen LogP contribution is -2.44. The molecular weight excluding hydrogens is 182 g/mol. The molecule has 0 aliphatic carbocycles. The normalized spacial score (nSPS) is 25.1. The highest BCUT2D eigenvalue weighted by molar-refractivity contribution is 5.73. The maximum absolute atomic E-state index is 10.8. The molecule has 0 aromatic carbocycles. The molecule has 0 radical (unpaired) electrons. The Morgan fingerprint density at radius 2 is 2.43 bits per heavy atom. The van der Waals surface area contributed by atoms with Crippen molar-refractivity contribution in [3.05, 3.63) is 0 Å². The number of carboxylic acid groups (broad SMARTS) is 1. The van der Waals surface area contributed by atoms with Crippen LogP contribution in [0.25, 0.3) is 0 Å². The van der Waals surface area contributed by atoms with Crippen LogP contribution < -0.4 is 0 Å². The molecule has 1 N–H and O–H groups in total. The Hall–Kier alpha value is -0.610. The van der Waals surface area contributed by atoms with Gasteiger partial charge in [-0.1, -0.05) is 0 Å². The molecule has 1 aliphatic rings. The second kappa shape index (κ2) is 5.32.